The summed E-state index contributed by atoms with van der Waals surface area (Å²) in [7, 11) is 0. The lowest BCUT2D eigenvalue weighted by Crippen LogP contribution is -2.56. The first-order chi connectivity index (χ1) is 15.6. The van der Waals surface area contributed by atoms with Crippen LogP contribution >= 0.6 is 0 Å². The number of carbonyl (C=O) groups is 1. The summed E-state index contributed by atoms with van der Waals surface area (Å²) in [5, 5.41) is 19.8. The minimum atomic E-state index is -0.590. The Bertz CT molecular complexity index is 744. The molecule has 4 aliphatic rings. The highest BCUT2D eigenvalue weighted by Gasteiger charge is 2.61. The first-order valence-electron chi connectivity index (χ1n) is 13.8. The molecular weight excluding hydrogens is 412 g/mol. The van der Waals surface area contributed by atoms with Crippen molar-refractivity contribution in [2.24, 2.45) is 46.3 Å². The van der Waals surface area contributed by atoms with Crippen LogP contribution in [0.25, 0.3) is 0 Å². The van der Waals surface area contributed by atoms with Gasteiger partial charge in [0.2, 0.25) is 0 Å². The maximum Gasteiger partial charge on any atom is 0.332 e. The van der Waals surface area contributed by atoms with Crippen molar-refractivity contribution in [3.8, 4) is 0 Å². The molecule has 4 nitrogen and oxygen atoms in total. The summed E-state index contributed by atoms with van der Waals surface area (Å²) in [6, 6.07) is 0. The molecule has 1 unspecified atom stereocenters. The van der Waals surface area contributed by atoms with E-state index in [1.165, 1.54) is 50.5 Å². The van der Waals surface area contributed by atoms with Crippen molar-refractivity contribution in [2.45, 2.75) is 111 Å². The van der Waals surface area contributed by atoms with Gasteiger partial charge in [0.1, 0.15) is 12.7 Å². The minimum absolute atomic E-state index is 0.213. The molecule has 3 saturated carbocycles. The normalized spacial score (nSPS) is 43.3. The van der Waals surface area contributed by atoms with Crippen LogP contribution in [0.4, 0.5) is 0 Å². The van der Waals surface area contributed by atoms with Crippen LogP contribution in [0, 0.1) is 46.3 Å². The Labute approximate surface area is 201 Å². The average molecular weight is 461 g/mol. The topological polar surface area (TPSA) is 66.8 Å². The Morgan fingerprint density at radius 3 is 2.61 bits per heavy atom. The largest absolute Gasteiger partial charge is 0.460 e. The van der Waals surface area contributed by atoms with Crippen LogP contribution in [0.1, 0.15) is 98.8 Å². The maximum atomic E-state index is 12.1. The van der Waals surface area contributed by atoms with E-state index in [9.17, 15) is 15.0 Å². The lowest BCUT2D eigenvalue weighted by Gasteiger charge is -2.60. The van der Waals surface area contributed by atoms with Crippen molar-refractivity contribution in [1.82, 2.24) is 0 Å². The van der Waals surface area contributed by atoms with Crippen molar-refractivity contribution < 1.29 is 19.7 Å². The van der Waals surface area contributed by atoms with Crippen LogP contribution in [0.5, 0.6) is 0 Å². The number of rotatable bonds is 7. The number of hydrogen-bond donors (Lipinski definition) is 2. The van der Waals surface area contributed by atoms with Crippen molar-refractivity contribution in [3.63, 3.8) is 0 Å². The van der Waals surface area contributed by atoms with Crippen LogP contribution in [0.15, 0.2) is 11.6 Å². The molecule has 2 N–H and O–H groups in total. The Balaban J connectivity index is 1.55. The third-order valence-corrected chi connectivity index (χ3v) is 10.8. The third kappa shape index (κ3) is 4.44. The number of carbonyl (C=O) groups excluding carboxylic acids is 1. The molecule has 188 valence electrons. The summed E-state index contributed by atoms with van der Waals surface area (Å²) in [6.07, 6.45) is 13.1. The number of allylic oxidation sites excluding steroid dienone is 1. The van der Waals surface area contributed by atoms with Crippen LogP contribution in [-0.2, 0) is 9.53 Å². The summed E-state index contributed by atoms with van der Waals surface area (Å²) in [6.45, 7) is 11.5. The number of ether oxygens (including phenoxy) is 1. The number of hydrogen-bond acceptors (Lipinski definition) is 4. The summed E-state index contributed by atoms with van der Waals surface area (Å²) >= 11 is 0. The highest BCUT2D eigenvalue weighted by Crippen LogP contribution is 2.67. The zero-order valence-corrected chi connectivity index (χ0v) is 21.7. The lowest BCUT2D eigenvalue weighted by molar-refractivity contribution is -0.172. The fourth-order valence-corrected chi connectivity index (χ4v) is 9.07. The smallest absolute Gasteiger partial charge is 0.332 e. The van der Waals surface area contributed by atoms with E-state index in [1.807, 2.05) is 0 Å². The predicted molar refractivity (Wildman–Crippen MR) is 131 cm³/mol. The van der Waals surface area contributed by atoms with Gasteiger partial charge in [0.25, 0.3) is 0 Å². The van der Waals surface area contributed by atoms with E-state index in [0.717, 1.165) is 30.1 Å². The van der Waals surface area contributed by atoms with E-state index in [0.29, 0.717) is 30.1 Å². The molecule has 0 aromatic carbocycles. The lowest BCUT2D eigenvalue weighted by atomic mass is 9.46. The van der Waals surface area contributed by atoms with E-state index in [2.05, 4.69) is 40.7 Å². The monoisotopic (exact) mass is 460 g/mol. The van der Waals surface area contributed by atoms with Gasteiger partial charge in [-0.3, -0.25) is 0 Å². The molecule has 4 heteroatoms. The Morgan fingerprint density at radius 2 is 1.91 bits per heavy atom. The Hall–Kier alpha value is -0.870. The van der Waals surface area contributed by atoms with Crippen molar-refractivity contribution in [1.29, 1.82) is 0 Å². The molecule has 33 heavy (non-hydrogen) atoms. The molecule has 0 aliphatic heterocycles. The van der Waals surface area contributed by atoms with Crippen molar-refractivity contribution >= 4 is 5.97 Å². The molecule has 0 aromatic heterocycles. The number of aliphatic hydroxyl groups excluding tert-OH is 2. The molecule has 0 bridgehead atoms. The van der Waals surface area contributed by atoms with Crippen molar-refractivity contribution in [2.75, 3.05) is 6.61 Å². The van der Waals surface area contributed by atoms with E-state index in [-0.39, 0.29) is 11.5 Å². The second-order valence-corrected chi connectivity index (χ2v) is 12.9. The van der Waals surface area contributed by atoms with Gasteiger partial charge < -0.3 is 14.9 Å². The van der Waals surface area contributed by atoms with Gasteiger partial charge in [-0.25, -0.2) is 4.79 Å². The number of esters is 1. The zero-order valence-electron chi connectivity index (χ0n) is 21.7. The third-order valence-electron chi connectivity index (χ3n) is 10.8. The van der Waals surface area contributed by atoms with E-state index < -0.39 is 18.7 Å². The highest BCUT2D eigenvalue weighted by molar-refractivity contribution is 5.70. The molecule has 0 amide bonds. The number of fused-ring (bicyclic) bond motifs is 5. The molecule has 4 aliphatic carbocycles. The van der Waals surface area contributed by atoms with Crippen molar-refractivity contribution in [3.05, 3.63) is 11.6 Å². The molecule has 3 fully saturated rings. The van der Waals surface area contributed by atoms with Gasteiger partial charge in [-0.05, 0) is 79.4 Å². The fourth-order valence-electron chi connectivity index (χ4n) is 9.07. The predicted octanol–water partition coefficient (Wildman–Crippen LogP) is 5.90. The average Bonchev–Trinajstić information content (AvgIpc) is 3.11. The van der Waals surface area contributed by atoms with Gasteiger partial charge in [0.15, 0.2) is 0 Å². The molecule has 9 atom stereocenters. The Kier molecular flexibility index (Phi) is 7.37. The number of aliphatic hydroxyl groups is 2. The van der Waals surface area contributed by atoms with Crippen LogP contribution < -0.4 is 0 Å². The van der Waals surface area contributed by atoms with Crippen LogP contribution in [0.2, 0.25) is 0 Å². The highest BCUT2D eigenvalue weighted by atomic mass is 16.6. The molecular formula is C29H48O4. The first-order valence-corrected chi connectivity index (χ1v) is 13.8. The van der Waals surface area contributed by atoms with Gasteiger partial charge in [0.05, 0.1) is 6.10 Å². The SMILES string of the molecule is CC(C)CCC[C@@H](C)[C@H]1CC[C@H]2[C@@H]3CC=C4C[C@@H](O)CC(OC(=O)CO)[C@]4(C)[C@H]3CC[C@]12C. The molecule has 4 rings (SSSR count). The standard InChI is InChI=1S/C29H48O4/c1-18(2)7-6-8-19(3)23-11-12-24-22-10-9-20-15-21(31)16-26(33-27(32)17-30)29(20,5)25(22)13-14-28(23,24)4/h9,18-19,21-26,30-31H,6-8,10-17H2,1-5H3/t19-,21-,22+,23-,24+,25+,26?,28-,29+/m1/s1. The van der Waals surface area contributed by atoms with Gasteiger partial charge >= 0.3 is 5.97 Å². The summed E-state index contributed by atoms with van der Waals surface area (Å²) in [5.74, 6) is 3.72. The molecule has 0 saturated heterocycles. The summed E-state index contributed by atoms with van der Waals surface area (Å²) in [4.78, 5) is 12.1. The van der Waals surface area contributed by atoms with Crippen LogP contribution in [0.3, 0.4) is 0 Å². The summed E-state index contributed by atoms with van der Waals surface area (Å²) in [5.41, 5.74) is 1.50. The second kappa shape index (κ2) is 9.64. The fraction of sp³-hybridized carbons (Fsp3) is 0.897. The molecule has 0 heterocycles. The van der Waals surface area contributed by atoms with Gasteiger partial charge in [-0.15, -0.1) is 0 Å². The Morgan fingerprint density at radius 1 is 1.15 bits per heavy atom. The second-order valence-electron chi connectivity index (χ2n) is 12.9. The van der Waals surface area contributed by atoms with E-state index in [4.69, 9.17) is 4.74 Å². The molecule has 0 radical (unpaired) electrons. The van der Waals surface area contributed by atoms with Gasteiger partial charge in [-0.2, -0.15) is 0 Å². The van der Waals surface area contributed by atoms with Crippen LogP contribution in [-0.4, -0.2) is 35.0 Å². The molecule has 0 spiro atoms. The van der Waals surface area contributed by atoms with Gasteiger partial charge in [-0.1, -0.05) is 65.5 Å². The van der Waals surface area contributed by atoms with E-state index in [1.54, 1.807) is 0 Å². The quantitative estimate of drug-likeness (QED) is 0.366. The van der Waals surface area contributed by atoms with Gasteiger partial charge in [0, 0.05) is 11.8 Å². The zero-order chi connectivity index (χ0) is 24.0. The first kappa shape index (κ1) is 25.2. The molecule has 0 aromatic rings. The minimum Gasteiger partial charge on any atom is -0.460 e. The van der Waals surface area contributed by atoms with E-state index >= 15 is 0 Å². The summed E-state index contributed by atoms with van der Waals surface area (Å²) < 4.78 is 5.80. The maximum absolute atomic E-state index is 12.1.